The van der Waals surface area contributed by atoms with Crippen LogP contribution in [-0.4, -0.2) is 30.2 Å². The molecule has 5 fully saturated rings. The predicted octanol–water partition coefficient (Wildman–Crippen LogP) is 7.99. The van der Waals surface area contributed by atoms with Gasteiger partial charge in [-0.25, -0.2) is 0 Å². The minimum absolute atomic E-state index is 0.0669. The Hall–Kier alpha value is -0.120. The molecule has 1 unspecified atom stereocenters. The van der Waals surface area contributed by atoms with E-state index in [0.717, 1.165) is 62.4 Å². The molecular weight excluding hydrogens is 432 g/mol. The maximum absolute atomic E-state index is 10.8. The van der Waals surface area contributed by atoms with Crippen molar-refractivity contribution in [2.45, 2.75) is 143 Å². The van der Waals surface area contributed by atoms with E-state index in [-0.39, 0.29) is 24.2 Å². The Morgan fingerprint density at radius 3 is 2.49 bits per heavy atom. The minimum Gasteiger partial charge on any atom is -0.393 e. The molecule has 0 bridgehead atoms. The average molecular weight is 490 g/mol. The summed E-state index contributed by atoms with van der Waals surface area (Å²) in [4.78, 5) is 0. The molecule has 0 amide bonds. The molecule has 0 aromatic carbocycles. The number of aliphatic hydroxyl groups excluding tert-OH is 1. The van der Waals surface area contributed by atoms with Crippen LogP contribution in [0.2, 0.25) is 0 Å². The Morgan fingerprint density at radius 1 is 0.943 bits per heavy atom. The highest BCUT2D eigenvalue weighted by molar-refractivity contribution is 5.11. The van der Waals surface area contributed by atoms with Gasteiger partial charge in [0.05, 0.1) is 12.2 Å². The molecule has 4 aliphatic carbocycles. The fourth-order valence-electron chi connectivity index (χ4n) is 10.2. The lowest BCUT2D eigenvalue weighted by atomic mass is 9.43. The maximum Gasteiger partial charge on any atom is 0.157 e. The van der Waals surface area contributed by atoms with E-state index in [0.29, 0.717) is 23.2 Å². The van der Waals surface area contributed by atoms with Crippen LogP contribution in [-0.2, 0) is 9.47 Å². The number of fused-ring (bicyclic) bond motifs is 5. The first-order valence-corrected chi connectivity index (χ1v) is 15.5. The summed E-state index contributed by atoms with van der Waals surface area (Å²) in [7, 11) is 0. The monoisotopic (exact) mass is 489 g/mol. The lowest BCUT2D eigenvalue weighted by Crippen LogP contribution is -2.59. The van der Waals surface area contributed by atoms with E-state index in [4.69, 9.17) is 10.8 Å². The van der Waals surface area contributed by atoms with Gasteiger partial charge in [-0.05, 0) is 123 Å². The van der Waals surface area contributed by atoms with E-state index in [9.17, 15) is 5.11 Å². The molecule has 0 aromatic heterocycles. The quantitative estimate of drug-likeness (QED) is 0.368. The van der Waals surface area contributed by atoms with Gasteiger partial charge in [0.2, 0.25) is 0 Å². The van der Waals surface area contributed by atoms with Crippen molar-refractivity contribution in [1.82, 2.24) is 0 Å². The summed E-state index contributed by atoms with van der Waals surface area (Å²) in [5, 5.41) is 10.8. The summed E-state index contributed by atoms with van der Waals surface area (Å²) in [5.41, 5.74) is 0.568. The molecular formula is C32H56O3. The van der Waals surface area contributed by atoms with Crippen molar-refractivity contribution in [3.8, 4) is 0 Å². The normalized spacial score (nSPS) is 51.3. The lowest BCUT2D eigenvalue weighted by Gasteiger charge is -2.63. The molecule has 12 atom stereocenters. The Balaban J connectivity index is 1.37. The summed E-state index contributed by atoms with van der Waals surface area (Å²) in [6.07, 6.45) is 14.9. The molecule has 35 heavy (non-hydrogen) atoms. The van der Waals surface area contributed by atoms with Crippen LogP contribution in [0.5, 0.6) is 0 Å². The number of hydrogen-bond donors (Lipinski definition) is 1. The van der Waals surface area contributed by atoms with Crippen molar-refractivity contribution < 1.29 is 16.0 Å². The lowest BCUT2D eigenvalue weighted by molar-refractivity contribution is -0.249. The van der Waals surface area contributed by atoms with Crippen LogP contribution >= 0.6 is 0 Å². The molecule has 0 aromatic rings. The zero-order valence-corrected chi connectivity index (χ0v) is 23.5. The van der Waals surface area contributed by atoms with Crippen molar-refractivity contribution >= 4 is 0 Å². The van der Waals surface area contributed by atoms with Gasteiger partial charge in [0.1, 0.15) is 0 Å². The summed E-state index contributed by atoms with van der Waals surface area (Å²) >= 11 is 0. The van der Waals surface area contributed by atoms with Crippen molar-refractivity contribution in [3.05, 3.63) is 0 Å². The Kier molecular flexibility index (Phi) is 7.60. The second-order valence-corrected chi connectivity index (χ2v) is 14.5. The summed E-state index contributed by atoms with van der Waals surface area (Å²) in [6, 6.07) is 0. The van der Waals surface area contributed by atoms with Crippen molar-refractivity contribution in [2.75, 3.05) is 6.61 Å². The highest BCUT2D eigenvalue weighted by Gasteiger charge is 2.62. The number of ether oxygens (including phenoxy) is 2. The first-order valence-electron chi connectivity index (χ1n) is 16.1. The zero-order valence-electron chi connectivity index (χ0n) is 24.5. The number of hydrogen-bond acceptors (Lipinski definition) is 3. The van der Waals surface area contributed by atoms with Crippen molar-refractivity contribution in [1.29, 1.82) is 0 Å². The fourth-order valence-corrected chi connectivity index (χ4v) is 10.2. The highest BCUT2D eigenvalue weighted by Crippen LogP contribution is 2.68. The van der Waals surface area contributed by atoms with Crippen LogP contribution in [0, 0.1) is 52.3 Å². The third-order valence-corrected chi connectivity index (χ3v) is 12.1. The molecule has 0 spiro atoms. The first-order chi connectivity index (χ1) is 17.1. The van der Waals surface area contributed by atoms with Gasteiger partial charge >= 0.3 is 0 Å². The second kappa shape index (κ2) is 10.6. The first kappa shape index (κ1) is 25.2. The highest BCUT2D eigenvalue weighted by atomic mass is 16.7. The van der Waals surface area contributed by atoms with Crippen molar-refractivity contribution in [2.24, 2.45) is 52.3 Å². The van der Waals surface area contributed by atoms with Crippen LogP contribution in [0.15, 0.2) is 0 Å². The minimum atomic E-state index is -0.505. The Bertz CT molecular complexity index is 737. The zero-order chi connectivity index (χ0) is 25.7. The van der Waals surface area contributed by atoms with E-state index < -0.39 is 6.10 Å². The van der Waals surface area contributed by atoms with E-state index in [2.05, 4.69) is 34.6 Å². The summed E-state index contributed by atoms with van der Waals surface area (Å²) in [6.45, 7) is 13.2. The molecule has 4 saturated carbocycles. The van der Waals surface area contributed by atoms with Crippen LogP contribution in [0.4, 0.5) is 0 Å². The third kappa shape index (κ3) is 5.01. The van der Waals surface area contributed by atoms with Crippen LogP contribution in [0.3, 0.4) is 0 Å². The predicted molar refractivity (Wildman–Crippen MR) is 143 cm³/mol. The molecule has 1 aliphatic heterocycles. The van der Waals surface area contributed by atoms with E-state index in [1.807, 2.05) is 0 Å². The van der Waals surface area contributed by atoms with Gasteiger partial charge in [-0.2, -0.15) is 0 Å². The molecule has 202 valence electrons. The standard InChI is InChI=1S/C32H56O3/c1-21(2)9-8-10-22(3)25-12-13-26-24-20-29(35-30-11-6-7-18-34-30)28-19-23(33)14-16-32(28,5)27(24)15-17-31(25,26)4/h21-30,33H,6-20H2,1-5H3/t22-,23-,24+,25-,26+,27+,28-,29-,30?,31-,32-/m1/s1/i14D/t14-,22+,23+,24-,25+,26-,27-,28+,29+,30?,31+,32+/m0. The van der Waals surface area contributed by atoms with Crippen LogP contribution < -0.4 is 0 Å². The van der Waals surface area contributed by atoms with Gasteiger partial charge < -0.3 is 14.6 Å². The SMILES string of the molecule is [2H][C@H]1C[C@@]2(C)[C@H](C[C@@H]1O)[C@H](OC1CCCCO1)C[C@@H]1[C@@H]2CC[C@]2(C)[C@@H]([C@H](C)CCCC(C)C)CC[C@@H]12. The molecule has 5 aliphatic rings. The molecule has 1 N–H and O–H groups in total. The fraction of sp³-hybridized carbons (Fsp3) is 1.00. The number of aliphatic hydroxyl groups is 1. The van der Waals surface area contributed by atoms with Gasteiger partial charge in [0.15, 0.2) is 6.29 Å². The van der Waals surface area contributed by atoms with Gasteiger partial charge in [-0.3, -0.25) is 0 Å². The molecule has 3 nitrogen and oxygen atoms in total. The van der Waals surface area contributed by atoms with Gasteiger partial charge in [-0.15, -0.1) is 0 Å². The third-order valence-electron chi connectivity index (χ3n) is 12.1. The Morgan fingerprint density at radius 2 is 1.74 bits per heavy atom. The molecule has 1 saturated heterocycles. The molecule has 1 heterocycles. The summed E-state index contributed by atoms with van der Waals surface area (Å²) in [5.74, 6) is 5.04. The van der Waals surface area contributed by atoms with E-state index in [1.54, 1.807) is 0 Å². The van der Waals surface area contributed by atoms with Gasteiger partial charge in [-0.1, -0.05) is 53.9 Å². The molecule has 0 radical (unpaired) electrons. The topological polar surface area (TPSA) is 38.7 Å². The number of rotatable bonds is 7. The van der Waals surface area contributed by atoms with Crippen LogP contribution in [0.1, 0.15) is 126 Å². The van der Waals surface area contributed by atoms with Crippen molar-refractivity contribution in [3.63, 3.8) is 0 Å². The molecule has 5 rings (SSSR count). The smallest absolute Gasteiger partial charge is 0.157 e. The van der Waals surface area contributed by atoms with Gasteiger partial charge in [0, 0.05) is 7.98 Å². The second-order valence-electron chi connectivity index (χ2n) is 14.5. The molecule has 3 heteroatoms. The average Bonchev–Trinajstić information content (AvgIpc) is 3.18. The summed E-state index contributed by atoms with van der Waals surface area (Å²) < 4.78 is 21.6. The Labute approximate surface area is 217 Å². The van der Waals surface area contributed by atoms with E-state index >= 15 is 0 Å². The van der Waals surface area contributed by atoms with Crippen LogP contribution in [0.25, 0.3) is 0 Å². The van der Waals surface area contributed by atoms with E-state index in [1.165, 1.54) is 51.4 Å². The van der Waals surface area contributed by atoms with Gasteiger partial charge in [0.25, 0.3) is 0 Å². The maximum atomic E-state index is 10.8. The largest absolute Gasteiger partial charge is 0.393 e.